The number of urea groups is 1. The third kappa shape index (κ3) is 6.93. The lowest BCUT2D eigenvalue weighted by molar-refractivity contribution is -0.138. The number of nitrogens with zero attached hydrogens (tertiary/aromatic N) is 1. The monoisotopic (exact) mass is 244 g/mol. The van der Waals surface area contributed by atoms with Crippen molar-refractivity contribution in [2.75, 3.05) is 27.4 Å². The standard InChI is InChI=1S/C10H16N2O5/c1-7(2)8(13)17-6-5-11-9(14)12-10(15-3)16-4/h1,5-6H2,2-4H3,(H,11,14). The van der Waals surface area contributed by atoms with Crippen molar-refractivity contribution >= 4 is 18.1 Å². The summed E-state index contributed by atoms with van der Waals surface area (Å²) in [5.74, 6) is -0.503. The molecule has 0 saturated carbocycles. The maximum atomic E-state index is 11.1. The van der Waals surface area contributed by atoms with Crippen LogP contribution in [0.5, 0.6) is 0 Å². The number of nitrogens with one attached hydrogen (secondary N) is 1. The molecule has 1 N–H and O–H groups in total. The smallest absolute Gasteiger partial charge is 0.392 e. The second-order valence-electron chi connectivity index (χ2n) is 2.93. The number of ether oxygens (including phenoxy) is 3. The number of rotatable bonds is 4. The average molecular weight is 244 g/mol. The Kier molecular flexibility index (Phi) is 7.16. The Labute approximate surface area is 99.4 Å². The minimum absolute atomic E-state index is 0.0439. The summed E-state index contributed by atoms with van der Waals surface area (Å²) in [6, 6.07) is -0.643. The van der Waals surface area contributed by atoms with Crippen molar-refractivity contribution in [3.63, 3.8) is 0 Å². The first-order valence-electron chi connectivity index (χ1n) is 4.78. The molecule has 96 valence electrons. The molecule has 0 aliphatic heterocycles. The van der Waals surface area contributed by atoms with Crippen LogP contribution in [0, 0.1) is 0 Å². The largest absolute Gasteiger partial charge is 0.460 e. The summed E-state index contributed by atoms with van der Waals surface area (Å²) in [5.41, 5.74) is 0.301. The van der Waals surface area contributed by atoms with Crippen molar-refractivity contribution in [1.29, 1.82) is 0 Å². The molecule has 0 aliphatic carbocycles. The van der Waals surface area contributed by atoms with E-state index in [0.29, 0.717) is 5.57 Å². The van der Waals surface area contributed by atoms with Crippen molar-refractivity contribution in [1.82, 2.24) is 5.32 Å². The Bertz CT molecular complexity index is 319. The van der Waals surface area contributed by atoms with Gasteiger partial charge in [0.05, 0.1) is 20.8 Å². The van der Waals surface area contributed by atoms with Gasteiger partial charge in [0.15, 0.2) is 0 Å². The van der Waals surface area contributed by atoms with Crippen molar-refractivity contribution in [3.8, 4) is 0 Å². The average Bonchev–Trinajstić information content (AvgIpc) is 2.31. The van der Waals surface area contributed by atoms with Crippen LogP contribution in [0.1, 0.15) is 6.92 Å². The number of hydrogen-bond donors (Lipinski definition) is 1. The molecule has 7 nitrogen and oxygen atoms in total. The SMILES string of the molecule is C=C(C)C(=O)OCCNC(=O)N=C(OC)OC. The maximum absolute atomic E-state index is 11.1. The zero-order valence-electron chi connectivity index (χ0n) is 10.1. The highest BCUT2D eigenvalue weighted by Crippen LogP contribution is 1.90. The minimum Gasteiger partial charge on any atom is -0.460 e. The Morgan fingerprint density at radius 2 is 1.88 bits per heavy atom. The van der Waals surface area contributed by atoms with Gasteiger partial charge < -0.3 is 19.5 Å². The molecule has 2 amide bonds. The summed E-state index contributed by atoms with van der Waals surface area (Å²) >= 11 is 0. The van der Waals surface area contributed by atoms with E-state index in [9.17, 15) is 9.59 Å². The van der Waals surface area contributed by atoms with Gasteiger partial charge in [0.2, 0.25) is 0 Å². The first-order chi connectivity index (χ1) is 8.01. The fraction of sp³-hybridized carbons (Fsp3) is 0.500. The molecule has 0 aromatic rings. The van der Waals surface area contributed by atoms with E-state index in [-0.39, 0.29) is 19.2 Å². The van der Waals surface area contributed by atoms with E-state index in [4.69, 9.17) is 4.74 Å². The highest BCUT2D eigenvalue weighted by atomic mass is 16.7. The van der Waals surface area contributed by atoms with Crippen LogP contribution < -0.4 is 5.32 Å². The minimum atomic E-state index is -0.643. The van der Waals surface area contributed by atoms with E-state index in [1.54, 1.807) is 0 Å². The van der Waals surface area contributed by atoms with E-state index in [1.165, 1.54) is 21.1 Å². The Balaban J connectivity index is 3.83. The van der Waals surface area contributed by atoms with Gasteiger partial charge in [-0.2, -0.15) is 0 Å². The third-order valence-corrected chi connectivity index (χ3v) is 1.50. The molecular formula is C10H16N2O5. The van der Waals surface area contributed by atoms with Crippen LogP contribution in [0.2, 0.25) is 0 Å². The Hall–Kier alpha value is -2.05. The molecule has 17 heavy (non-hydrogen) atoms. The molecule has 0 spiro atoms. The molecule has 0 heterocycles. The molecule has 0 aromatic carbocycles. The van der Waals surface area contributed by atoms with E-state index < -0.39 is 12.0 Å². The molecule has 0 aliphatic rings. The first kappa shape index (κ1) is 14.9. The highest BCUT2D eigenvalue weighted by Gasteiger charge is 2.05. The lowest BCUT2D eigenvalue weighted by atomic mass is 10.4. The summed E-state index contributed by atoms with van der Waals surface area (Å²) in [6.45, 7) is 5.13. The summed E-state index contributed by atoms with van der Waals surface area (Å²) in [4.78, 5) is 25.5. The zero-order valence-corrected chi connectivity index (χ0v) is 10.1. The molecule has 0 radical (unpaired) electrons. The van der Waals surface area contributed by atoms with Gasteiger partial charge in [0, 0.05) is 5.57 Å². The van der Waals surface area contributed by atoms with Crippen molar-refractivity contribution in [3.05, 3.63) is 12.2 Å². The quantitative estimate of drug-likeness (QED) is 0.255. The van der Waals surface area contributed by atoms with Gasteiger partial charge in [0.25, 0.3) is 0 Å². The predicted octanol–water partition coefficient (Wildman–Crippen LogP) is 0.464. The highest BCUT2D eigenvalue weighted by molar-refractivity contribution is 5.87. The number of carbonyl (C=O) groups is 2. The predicted molar refractivity (Wildman–Crippen MR) is 60.6 cm³/mol. The lowest BCUT2D eigenvalue weighted by Crippen LogP contribution is -2.26. The maximum Gasteiger partial charge on any atom is 0.392 e. The van der Waals surface area contributed by atoms with Crippen LogP contribution in [0.15, 0.2) is 17.1 Å². The molecular weight excluding hydrogens is 228 g/mol. The Morgan fingerprint density at radius 3 is 2.35 bits per heavy atom. The fourth-order valence-electron chi connectivity index (χ4n) is 0.722. The van der Waals surface area contributed by atoms with Crippen LogP contribution >= 0.6 is 0 Å². The van der Waals surface area contributed by atoms with Gasteiger partial charge in [-0.25, -0.2) is 9.59 Å². The molecule has 0 bridgehead atoms. The molecule has 0 rings (SSSR count). The normalized spacial score (nSPS) is 8.88. The second kappa shape index (κ2) is 8.14. The van der Waals surface area contributed by atoms with Crippen molar-refractivity contribution in [2.45, 2.75) is 6.92 Å². The van der Waals surface area contributed by atoms with Crippen LogP contribution in [0.4, 0.5) is 4.79 Å². The number of methoxy groups -OCH3 is 2. The van der Waals surface area contributed by atoms with Gasteiger partial charge >= 0.3 is 18.1 Å². The van der Waals surface area contributed by atoms with Crippen LogP contribution in [0.25, 0.3) is 0 Å². The molecule has 0 unspecified atom stereocenters. The number of aliphatic imine (C=N–C) groups is 1. The molecule has 0 fully saturated rings. The van der Waals surface area contributed by atoms with Crippen molar-refractivity contribution < 1.29 is 23.8 Å². The van der Waals surface area contributed by atoms with E-state index in [0.717, 1.165) is 0 Å². The fourth-order valence-corrected chi connectivity index (χ4v) is 0.722. The molecule has 7 heteroatoms. The topological polar surface area (TPSA) is 86.2 Å². The van der Waals surface area contributed by atoms with Gasteiger partial charge in [-0.05, 0) is 6.92 Å². The number of esters is 1. The van der Waals surface area contributed by atoms with Gasteiger partial charge in [-0.3, -0.25) is 0 Å². The summed E-state index contributed by atoms with van der Waals surface area (Å²) in [7, 11) is 2.65. The molecule has 0 saturated heterocycles. The summed E-state index contributed by atoms with van der Waals surface area (Å²) in [5, 5.41) is 2.38. The molecule has 0 atom stereocenters. The van der Waals surface area contributed by atoms with Gasteiger partial charge in [0.1, 0.15) is 6.61 Å². The zero-order chi connectivity index (χ0) is 13.3. The van der Waals surface area contributed by atoms with Crippen molar-refractivity contribution in [2.24, 2.45) is 4.99 Å². The lowest BCUT2D eigenvalue weighted by Gasteiger charge is -2.05. The van der Waals surface area contributed by atoms with Crippen LogP contribution in [0.3, 0.4) is 0 Å². The number of carbonyl (C=O) groups excluding carboxylic acids is 2. The first-order valence-corrected chi connectivity index (χ1v) is 4.78. The van der Waals surface area contributed by atoms with E-state index in [1.807, 2.05) is 0 Å². The number of hydrogen-bond acceptors (Lipinski definition) is 5. The molecule has 0 aromatic heterocycles. The van der Waals surface area contributed by atoms with E-state index in [2.05, 4.69) is 26.4 Å². The van der Waals surface area contributed by atoms with E-state index >= 15 is 0 Å². The third-order valence-electron chi connectivity index (χ3n) is 1.50. The summed E-state index contributed by atoms with van der Waals surface area (Å²) < 4.78 is 14.0. The Morgan fingerprint density at radius 1 is 1.29 bits per heavy atom. The number of amides is 2. The summed E-state index contributed by atoms with van der Waals surface area (Å²) in [6.07, 6.45) is -0.151. The van der Waals surface area contributed by atoms with Crippen LogP contribution in [-0.4, -0.2) is 45.5 Å². The van der Waals surface area contributed by atoms with Gasteiger partial charge in [-0.1, -0.05) is 6.58 Å². The second-order valence-corrected chi connectivity index (χ2v) is 2.93. The van der Waals surface area contributed by atoms with Crippen LogP contribution in [-0.2, 0) is 19.0 Å². The van der Waals surface area contributed by atoms with Gasteiger partial charge in [-0.15, -0.1) is 4.99 Å².